The standard InChI is InChI=1S/C17H17N5O3/c18-17(24)16-14(15(20-25-16)10-4-2-1-3-5-10)11-6-12(7-11)22-13(9-23)8-19-21-22/h1-5,8,11-12,23H,6-7,9H2,(H2,18,24). The number of carbonyl (C=O) groups excluding carboxylic acids is 1. The Kier molecular flexibility index (Phi) is 3.81. The molecular formula is C17H17N5O3. The fourth-order valence-corrected chi connectivity index (χ4v) is 3.37. The number of aliphatic hydroxyl groups is 1. The van der Waals surface area contributed by atoms with E-state index in [0.717, 1.165) is 24.0 Å². The maximum atomic E-state index is 11.7. The molecule has 8 nitrogen and oxygen atoms in total. The molecule has 0 radical (unpaired) electrons. The zero-order chi connectivity index (χ0) is 17.4. The molecule has 1 amide bonds. The van der Waals surface area contributed by atoms with Gasteiger partial charge in [-0.3, -0.25) is 4.79 Å². The van der Waals surface area contributed by atoms with Crippen LogP contribution in [-0.2, 0) is 6.61 Å². The third kappa shape index (κ3) is 2.60. The summed E-state index contributed by atoms with van der Waals surface area (Å²) in [5, 5.41) is 21.3. The summed E-state index contributed by atoms with van der Waals surface area (Å²) in [4.78, 5) is 11.7. The van der Waals surface area contributed by atoms with Crippen molar-refractivity contribution in [2.24, 2.45) is 5.73 Å². The van der Waals surface area contributed by atoms with Crippen molar-refractivity contribution in [3.63, 3.8) is 0 Å². The number of rotatable bonds is 5. The van der Waals surface area contributed by atoms with Crippen LogP contribution in [0, 0.1) is 0 Å². The van der Waals surface area contributed by atoms with Gasteiger partial charge < -0.3 is 15.4 Å². The van der Waals surface area contributed by atoms with Crippen molar-refractivity contribution in [2.45, 2.75) is 31.4 Å². The van der Waals surface area contributed by atoms with Crippen LogP contribution < -0.4 is 5.73 Å². The number of nitrogens with two attached hydrogens (primary N) is 1. The van der Waals surface area contributed by atoms with Crippen LogP contribution in [0.4, 0.5) is 0 Å². The lowest BCUT2D eigenvalue weighted by Crippen LogP contribution is -2.29. The molecule has 128 valence electrons. The van der Waals surface area contributed by atoms with Crippen molar-refractivity contribution in [1.82, 2.24) is 20.2 Å². The van der Waals surface area contributed by atoms with E-state index in [9.17, 15) is 9.90 Å². The summed E-state index contributed by atoms with van der Waals surface area (Å²) in [5.41, 5.74) is 8.42. The van der Waals surface area contributed by atoms with Gasteiger partial charge in [0.15, 0.2) is 0 Å². The highest BCUT2D eigenvalue weighted by atomic mass is 16.5. The van der Waals surface area contributed by atoms with E-state index in [0.29, 0.717) is 11.4 Å². The van der Waals surface area contributed by atoms with Crippen LogP contribution in [0.15, 0.2) is 41.1 Å². The minimum absolute atomic E-state index is 0.0877. The second-order valence-electron chi connectivity index (χ2n) is 6.15. The van der Waals surface area contributed by atoms with Gasteiger partial charge in [0.1, 0.15) is 5.69 Å². The van der Waals surface area contributed by atoms with Gasteiger partial charge in [0.2, 0.25) is 5.76 Å². The Morgan fingerprint density at radius 3 is 2.76 bits per heavy atom. The maximum absolute atomic E-state index is 11.7. The molecular weight excluding hydrogens is 322 g/mol. The van der Waals surface area contributed by atoms with Crippen molar-refractivity contribution in [3.05, 3.63) is 53.5 Å². The molecule has 2 heterocycles. The van der Waals surface area contributed by atoms with Crippen molar-refractivity contribution in [2.75, 3.05) is 0 Å². The van der Waals surface area contributed by atoms with E-state index >= 15 is 0 Å². The third-order valence-corrected chi connectivity index (χ3v) is 4.68. The Hall–Kier alpha value is -3.00. The Labute approximate surface area is 143 Å². The summed E-state index contributed by atoms with van der Waals surface area (Å²) in [5.74, 6) is -0.419. The predicted octanol–water partition coefficient (Wildman–Crippen LogP) is 1.64. The number of aliphatic hydroxyl groups excluding tert-OH is 1. The second kappa shape index (κ2) is 6.14. The van der Waals surface area contributed by atoms with E-state index < -0.39 is 5.91 Å². The zero-order valence-electron chi connectivity index (χ0n) is 13.4. The van der Waals surface area contributed by atoms with E-state index in [2.05, 4.69) is 15.5 Å². The summed E-state index contributed by atoms with van der Waals surface area (Å²) < 4.78 is 6.97. The lowest BCUT2D eigenvalue weighted by molar-refractivity contribution is 0.0960. The average Bonchev–Trinajstić information content (AvgIpc) is 3.21. The number of hydrogen-bond donors (Lipinski definition) is 2. The molecule has 0 aliphatic heterocycles. The molecule has 3 N–H and O–H groups in total. The number of benzene rings is 1. The largest absolute Gasteiger partial charge is 0.390 e. The van der Waals surface area contributed by atoms with Crippen molar-refractivity contribution >= 4 is 5.91 Å². The number of aromatic nitrogens is 4. The van der Waals surface area contributed by atoms with Gasteiger partial charge in [0.05, 0.1) is 24.5 Å². The number of carbonyl (C=O) groups is 1. The Morgan fingerprint density at radius 1 is 1.32 bits per heavy atom. The van der Waals surface area contributed by atoms with Crippen LogP contribution in [0.25, 0.3) is 11.3 Å². The SMILES string of the molecule is NC(=O)c1onc(-c2ccccc2)c1C1CC(n2nncc2CO)C1. The Balaban J connectivity index is 1.65. The normalized spacial score (nSPS) is 19.6. The monoisotopic (exact) mass is 339 g/mol. The molecule has 1 aliphatic rings. The van der Waals surface area contributed by atoms with Crippen molar-refractivity contribution in [3.8, 4) is 11.3 Å². The van der Waals surface area contributed by atoms with E-state index in [1.807, 2.05) is 30.3 Å². The topological polar surface area (TPSA) is 120 Å². The summed E-state index contributed by atoms with van der Waals surface area (Å²) in [6.07, 6.45) is 3.05. The molecule has 0 spiro atoms. The molecule has 1 aromatic carbocycles. The zero-order valence-corrected chi connectivity index (χ0v) is 13.4. The van der Waals surface area contributed by atoms with E-state index in [1.54, 1.807) is 10.9 Å². The third-order valence-electron chi connectivity index (χ3n) is 4.68. The molecule has 2 aromatic heterocycles. The molecule has 1 saturated carbocycles. The molecule has 0 unspecified atom stereocenters. The highest BCUT2D eigenvalue weighted by Gasteiger charge is 2.39. The predicted molar refractivity (Wildman–Crippen MR) is 87.4 cm³/mol. The summed E-state index contributed by atoms with van der Waals surface area (Å²) in [6, 6.07) is 9.69. The van der Waals surface area contributed by atoms with Crippen LogP contribution in [0.2, 0.25) is 0 Å². The van der Waals surface area contributed by atoms with Gasteiger partial charge in [-0.25, -0.2) is 4.68 Å². The number of amides is 1. The summed E-state index contributed by atoms with van der Waals surface area (Å²) >= 11 is 0. The molecule has 1 aliphatic carbocycles. The number of hydrogen-bond acceptors (Lipinski definition) is 6. The highest BCUT2D eigenvalue weighted by Crippen LogP contribution is 2.48. The van der Waals surface area contributed by atoms with Gasteiger partial charge in [0.25, 0.3) is 5.91 Å². The number of primary amides is 1. The first kappa shape index (κ1) is 15.5. The fourth-order valence-electron chi connectivity index (χ4n) is 3.37. The van der Waals surface area contributed by atoms with E-state index in [-0.39, 0.29) is 24.3 Å². The van der Waals surface area contributed by atoms with Gasteiger partial charge in [0, 0.05) is 11.1 Å². The van der Waals surface area contributed by atoms with E-state index in [1.165, 1.54) is 0 Å². The summed E-state index contributed by atoms with van der Waals surface area (Å²) in [7, 11) is 0. The van der Waals surface area contributed by atoms with Crippen LogP contribution in [0.3, 0.4) is 0 Å². The smallest absolute Gasteiger partial charge is 0.287 e. The van der Waals surface area contributed by atoms with Crippen LogP contribution in [0.5, 0.6) is 0 Å². The van der Waals surface area contributed by atoms with Crippen molar-refractivity contribution in [1.29, 1.82) is 0 Å². The molecule has 0 saturated heterocycles. The van der Waals surface area contributed by atoms with Crippen LogP contribution in [0.1, 0.15) is 46.6 Å². The van der Waals surface area contributed by atoms with E-state index in [4.69, 9.17) is 10.3 Å². The molecule has 0 bridgehead atoms. The molecule has 1 fully saturated rings. The highest BCUT2D eigenvalue weighted by molar-refractivity contribution is 5.93. The molecule has 25 heavy (non-hydrogen) atoms. The first-order valence-corrected chi connectivity index (χ1v) is 8.03. The minimum atomic E-state index is -0.620. The maximum Gasteiger partial charge on any atom is 0.287 e. The number of nitrogens with zero attached hydrogens (tertiary/aromatic N) is 4. The second-order valence-corrected chi connectivity index (χ2v) is 6.15. The van der Waals surface area contributed by atoms with Gasteiger partial charge >= 0.3 is 0 Å². The lowest BCUT2D eigenvalue weighted by atomic mass is 9.74. The van der Waals surface area contributed by atoms with Crippen LogP contribution in [-0.4, -0.2) is 31.2 Å². The Bertz CT molecular complexity index is 896. The lowest BCUT2D eigenvalue weighted by Gasteiger charge is -2.35. The summed E-state index contributed by atoms with van der Waals surface area (Å²) in [6.45, 7) is -0.108. The first-order chi connectivity index (χ1) is 12.2. The van der Waals surface area contributed by atoms with Gasteiger partial charge in [-0.2, -0.15) is 0 Å². The van der Waals surface area contributed by atoms with Gasteiger partial charge in [-0.1, -0.05) is 40.7 Å². The van der Waals surface area contributed by atoms with Gasteiger partial charge in [-0.05, 0) is 18.8 Å². The first-order valence-electron chi connectivity index (χ1n) is 8.03. The average molecular weight is 339 g/mol. The van der Waals surface area contributed by atoms with Crippen LogP contribution >= 0.6 is 0 Å². The molecule has 0 atom stereocenters. The molecule has 8 heteroatoms. The quantitative estimate of drug-likeness (QED) is 0.729. The van der Waals surface area contributed by atoms with Gasteiger partial charge in [-0.15, -0.1) is 5.10 Å². The minimum Gasteiger partial charge on any atom is -0.390 e. The van der Waals surface area contributed by atoms with Crippen molar-refractivity contribution < 1.29 is 14.4 Å². The molecule has 4 rings (SSSR count). The molecule has 3 aromatic rings. The fraction of sp³-hybridized carbons (Fsp3) is 0.294. The Morgan fingerprint density at radius 2 is 2.08 bits per heavy atom.